The number of methoxy groups -OCH3 is 1. The highest BCUT2D eigenvalue weighted by molar-refractivity contribution is 7.86. The smallest absolute Gasteiger partial charge is 0.306 e. The Bertz CT molecular complexity index is 1140. The van der Waals surface area contributed by atoms with Crippen molar-refractivity contribution in [3.05, 3.63) is 46.5 Å². The molecule has 2 aromatic carbocycles. The second-order valence-electron chi connectivity index (χ2n) is 8.37. The molecule has 0 spiro atoms. The molecule has 0 radical (unpaired) electrons. The van der Waals surface area contributed by atoms with Crippen molar-refractivity contribution in [2.24, 2.45) is 0 Å². The van der Waals surface area contributed by atoms with Gasteiger partial charge in [0.15, 0.2) is 0 Å². The number of nitrogens with zero attached hydrogens (tertiary/aromatic N) is 1. The van der Waals surface area contributed by atoms with Crippen molar-refractivity contribution >= 4 is 27.6 Å². The molecule has 0 atom stereocenters. The molecule has 1 aliphatic rings. The van der Waals surface area contributed by atoms with Gasteiger partial charge in [0.1, 0.15) is 28.0 Å². The summed E-state index contributed by atoms with van der Waals surface area (Å²) in [6.07, 6.45) is 2.49. The molecule has 0 unspecified atom stereocenters. The van der Waals surface area contributed by atoms with Crippen LogP contribution in [-0.4, -0.2) is 64.9 Å². The van der Waals surface area contributed by atoms with Gasteiger partial charge in [-0.05, 0) is 69.6 Å². The lowest BCUT2D eigenvalue weighted by atomic mass is 10.0. The first-order chi connectivity index (χ1) is 17.1. The van der Waals surface area contributed by atoms with Crippen LogP contribution in [0, 0.1) is 0 Å². The van der Waals surface area contributed by atoms with E-state index in [9.17, 15) is 13.2 Å². The van der Waals surface area contributed by atoms with E-state index in [4.69, 9.17) is 30.0 Å². The molecule has 36 heavy (non-hydrogen) atoms. The number of hydrogen-bond donors (Lipinski definition) is 1. The predicted molar refractivity (Wildman–Crippen MR) is 138 cm³/mol. The maximum atomic E-state index is 13.9. The molecule has 1 heterocycles. The predicted octanol–water partition coefficient (Wildman–Crippen LogP) is 3.88. The Morgan fingerprint density at radius 1 is 1.03 bits per heavy atom. The molecular weight excluding hydrogens is 508 g/mol. The van der Waals surface area contributed by atoms with E-state index in [1.165, 1.54) is 19.2 Å². The van der Waals surface area contributed by atoms with Gasteiger partial charge in [-0.3, -0.25) is 4.79 Å². The first-order valence-corrected chi connectivity index (χ1v) is 14.0. The average Bonchev–Trinajstić information content (AvgIpc) is 2.84. The van der Waals surface area contributed by atoms with Gasteiger partial charge in [-0.15, -0.1) is 0 Å². The van der Waals surface area contributed by atoms with E-state index in [-0.39, 0.29) is 29.8 Å². The minimum Gasteiger partial charge on any atom is -0.497 e. The summed E-state index contributed by atoms with van der Waals surface area (Å²) in [4.78, 5) is 15.7. The van der Waals surface area contributed by atoms with Gasteiger partial charge in [0.25, 0.3) is 5.91 Å². The van der Waals surface area contributed by atoms with Crippen LogP contribution in [0.25, 0.3) is 0 Å². The van der Waals surface area contributed by atoms with E-state index in [2.05, 4.69) is 5.32 Å². The van der Waals surface area contributed by atoms with Crippen molar-refractivity contribution < 1.29 is 31.6 Å². The Morgan fingerprint density at radius 2 is 1.61 bits per heavy atom. The Hall–Kier alpha value is -2.69. The van der Waals surface area contributed by atoms with Crippen LogP contribution in [-0.2, 0) is 16.7 Å². The van der Waals surface area contributed by atoms with Crippen LogP contribution in [0.4, 0.5) is 0 Å². The normalized spacial score (nSPS) is 14.2. The van der Waals surface area contributed by atoms with Crippen LogP contribution in [0.1, 0.15) is 42.6 Å². The minimum absolute atomic E-state index is 0.00854. The number of piperidine rings is 1. The fraction of sp³-hybridized carbons (Fsp3) is 0.480. The number of benzene rings is 2. The second-order valence-corrected chi connectivity index (χ2v) is 10.3. The topological polar surface area (TPSA) is 103 Å². The Labute approximate surface area is 217 Å². The molecule has 1 saturated heterocycles. The number of carbonyl (C=O) groups is 1. The van der Waals surface area contributed by atoms with Crippen molar-refractivity contribution in [2.45, 2.75) is 39.3 Å². The van der Waals surface area contributed by atoms with Crippen molar-refractivity contribution in [1.82, 2.24) is 10.2 Å². The summed E-state index contributed by atoms with van der Waals surface area (Å²) >= 11 is 6.47. The lowest BCUT2D eigenvalue weighted by molar-refractivity contribution is 0.0622. The number of carbonyl (C=O) groups excluding carboxylic acids is 1. The van der Waals surface area contributed by atoms with E-state index >= 15 is 0 Å². The monoisotopic (exact) mass is 540 g/mol. The zero-order valence-electron chi connectivity index (χ0n) is 21.0. The zero-order chi connectivity index (χ0) is 26.3. The first kappa shape index (κ1) is 27.9. The van der Waals surface area contributed by atoms with E-state index in [1.807, 2.05) is 26.0 Å². The molecule has 1 fully saturated rings. The summed E-state index contributed by atoms with van der Waals surface area (Å²) in [5.41, 5.74) is 1.06. The summed E-state index contributed by atoms with van der Waals surface area (Å²) in [5, 5.41) is 3.71. The zero-order valence-corrected chi connectivity index (χ0v) is 22.6. The first-order valence-electron chi connectivity index (χ1n) is 11.8. The van der Waals surface area contributed by atoms with E-state index in [1.54, 1.807) is 11.0 Å². The van der Waals surface area contributed by atoms with Gasteiger partial charge in [-0.2, -0.15) is 8.42 Å². The molecule has 0 aromatic heterocycles. The third kappa shape index (κ3) is 7.41. The summed E-state index contributed by atoms with van der Waals surface area (Å²) in [7, 11) is -2.35. The molecule has 0 bridgehead atoms. The van der Waals surface area contributed by atoms with Gasteiger partial charge in [-0.25, -0.2) is 0 Å². The highest BCUT2D eigenvalue weighted by Gasteiger charge is 2.28. The SMILES string of the molecule is CCOc1cc(CN(C(=O)c2cc(OC)cc(OS(C)(=O)=O)c2)C2CCNCC2)cc(OCC)c1Cl. The number of rotatable bonds is 11. The van der Waals surface area contributed by atoms with Crippen LogP contribution >= 0.6 is 11.6 Å². The maximum Gasteiger partial charge on any atom is 0.306 e. The van der Waals surface area contributed by atoms with E-state index < -0.39 is 10.1 Å². The molecule has 0 saturated carbocycles. The van der Waals surface area contributed by atoms with Crippen molar-refractivity contribution in [3.8, 4) is 23.0 Å². The van der Waals surface area contributed by atoms with Gasteiger partial charge in [0.2, 0.25) is 0 Å². The highest BCUT2D eigenvalue weighted by atomic mass is 35.5. The molecule has 9 nitrogen and oxygen atoms in total. The minimum atomic E-state index is -3.79. The van der Waals surface area contributed by atoms with Crippen molar-refractivity contribution in [1.29, 1.82) is 0 Å². The molecular formula is C25H33ClN2O7S. The lowest BCUT2D eigenvalue weighted by Crippen LogP contribution is -2.45. The van der Waals surface area contributed by atoms with Crippen LogP contribution in [0.3, 0.4) is 0 Å². The molecule has 1 aliphatic heterocycles. The Kier molecular flexibility index (Phi) is 9.69. The van der Waals surface area contributed by atoms with E-state index in [0.29, 0.717) is 35.5 Å². The van der Waals surface area contributed by atoms with E-state index in [0.717, 1.165) is 37.8 Å². The number of hydrogen-bond acceptors (Lipinski definition) is 8. The third-order valence-electron chi connectivity index (χ3n) is 5.64. The second kappa shape index (κ2) is 12.5. The fourth-order valence-electron chi connectivity index (χ4n) is 4.12. The molecule has 1 N–H and O–H groups in total. The van der Waals surface area contributed by atoms with Crippen molar-refractivity contribution in [2.75, 3.05) is 39.7 Å². The summed E-state index contributed by atoms with van der Waals surface area (Å²) in [6, 6.07) is 8.02. The highest BCUT2D eigenvalue weighted by Crippen LogP contribution is 2.37. The summed E-state index contributed by atoms with van der Waals surface area (Å²) in [5.74, 6) is 1.03. The summed E-state index contributed by atoms with van der Waals surface area (Å²) < 4.78 is 45.2. The fourth-order valence-corrected chi connectivity index (χ4v) is 4.79. The lowest BCUT2D eigenvalue weighted by Gasteiger charge is -2.35. The van der Waals surface area contributed by atoms with Crippen LogP contribution in [0.5, 0.6) is 23.0 Å². The van der Waals surface area contributed by atoms with Crippen LogP contribution < -0.4 is 23.7 Å². The van der Waals surface area contributed by atoms with Gasteiger partial charge >= 0.3 is 10.1 Å². The van der Waals surface area contributed by atoms with Crippen LogP contribution in [0.2, 0.25) is 5.02 Å². The number of nitrogens with one attached hydrogen (secondary N) is 1. The summed E-state index contributed by atoms with van der Waals surface area (Å²) in [6.45, 7) is 6.44. The number of ether oxygens (including phenoxy) is 3. The molecule has 3 rings (SSSR count). The Balaban J connectivity index is 2.02. The number of amides is 1. The van der Waals surface area contributed by atoms with Crippen LogP contribution in [0.15, 0.2) is 30.3 Å². The molecule has 0 aliphatic carbocycles. The standard InChI is InChI=1S/C25H33ClN2O7S/c1-5-33-22-11-17(12-23(24(22)26)34-6-2)16-28(19-7-9-27-10-8-19)25(29)18-13-20(32-3)15-21(14-18)35-36(4,30)31/h11-15,19,27H,5-10,16H2,1-4H3. The van der Waals surface area contributed by atoms with Gasteiger partial charge in [0.05, 0.1) is 26.6 Å². The molecule has 11 heteroatoms. The van der Waals surface area contributed by atoms with Gasteiger partial charge in [0, 0.05) is 24.2 Å². The average molecular weight is 541 g/mol. The largest absolute Gasteiger partial charge is 0.497 e. The molecule has 2 aromatic rings. The molecule has 198 valence electrons. The third-order valence-corrected chi connectivity index (χ3v) is 6.51. The maximum absolute atomic E-state index is 13.9. The molecule has 1 amide bonds. The van der Waals surface area contributed by atoms with Gasteiger partial charge < -0.3 is 28.6 Å². The van der Waals surface area contributed by atoms with Gasteiger partial charge in [-0.1, -0.05) is 11.6 Å². The Morgan fingerprint density at radius 3 is 2.14 bits per heavy atom. The van der Waals surface area contributed by atoms with Crippen molar-refractivity contribution in [3.63, 3.8) is 0 Å². The number of halogens is 1. The quantitative estimate of drug-likeness (QED) is 0.428.